The topological polar surface area (TPSA) is 53.6 Å². The predicted molar refractivity (Wildman–Crippen MR) is 105 cm³/mol. The summed E-state index contributed by atoms with van der Waals surface area (Å²) in [6, 6.07) is 15.4. The molecule has 0 saturated carbocycles. The van der Waals surface area contributed by atoms with Crippen molar-refractivity contribution in [1.82, 2.24) is 10.2 Å². The van der Waals surface area contributed by atoms with Gasteiger partial charge in [-0.15, -0.1) is 0 Å². The lowest BCUT2D eigenvalue weighted by Crippen LogP contribution is -2.35. The van der Waals surface area contributed by atoms with Crippen molar-refractivity contribution in [3.05, 3.63) is 64.7 Å². The van der Waals surface area contributed by atoms with Crippen LogP contribution in [0.2, 0.25) is 5.02 Å². The molecule has 0 spiro atoms. The molecule has 138 valence electrons. The number of rotatable bonds is 6. The maximum absolute atomic E-state index is 12.0. The van der Waals surface area contributed by atoms with Crippen LogP contribution in [-0.2, 0) is 17.7 Å². The number of anilines is 1. The summed E-state index contributed by atoms with van der Waals surface area (Å²) in [6.07, 6.45) is 0.767. The van der Waals surface area contributed by atoms with Crippen molar-refractivity contribution >= 4 is 23.3 Å². The number of nitrogens with zero attached hydrogens (tertiary/aromatic N) is 1. The third-order valence-electron chi connectivity index (χ3n) is 4.33. The fourth-order valence-corrected chi connectivity index (χ4v) is 2.98. The van der Waals surface area contributed by atoms with E-state index < -0.39 is 0 Å². The van der Waals surface area contributed by atoms with Crippen LogP contribution in [0.4, 0.5) is 10.5 Å². The van der Waals surface area contributed by atoms with E-state index in [4.69, 9.17) is 16.3 Å². The standard InChI is InChI=1S/C20H24ClN3O2/c21-18-5-1-16(2-6-18)9-10-22-20(25)23-19-7-3-17(4-8-19)15-24-11-13-26-14-12-24/h1-8H,9-15H2,(H2,22,23,25). The molecule has 26 heavy (non-hydrogen) atoms. The van der Waals surface area contributed by atoms with Crippen LogP contribution in [0.1, 0.15) is 11.1 Å². The van der Waals surface area contributed by atoms with Crippen LogP contribution < -0.4 is 10.6 Å². The highest BCUT2D eigenvalue weighted by Crippen LogP contribution is 2.13. The van der Waals surface area contributed by atoms with Crippen molar-refractivity contribution < 1.29 is 9.53 Å². The lowest BCUT2D eigenvalue weighted by Gasteiger charge is -2.26. The van der Waals surface area contributed by atoms with Crippen molar-refractivity contribution in [1.29, 1.82) is 0 Å². The first-order valence-corrected chi connectivity index (χ1v) is 9.25. The van der Waals surface area contributed by atoms with E-state index in [-0.39, 0.29) is 6.03 Å². The van der Waals surface area contributed by atoms with Crippen LogP contribution in [0.15, 0.2) is 48.5 Å². The number of ether oxygens (including phenoxy) is 1. The van der Waals surface area contributed by atoms with Crippen LogP contribution in [-0.4, -0.2) is 43.8 Å². The molecule has 1 fully saturated rings. The Morgan fingerprint density at radius 2 is 1.65 bits per heavy atom. The molecule has 0 atom stereocenters. The normalized spacial score (nSPS) is 14.8. The molecule has 1 aliphatic rings. The Morgan fingerprint density at radius 1 is 1.00 bits per heavy atom. The minimum absolute atomic E-state index is 0.195. The first-order chi connectivity index (χ1) is 12.7. The minimum Gasteiger partial charge on any atom is -0.379 e. The SMILES string of the molecule is O=C(NCCc1ccc(Cl)cc1)Nc1ccc(CN2CCOCC2)cc1. The maximum atomic E-state index is 12.0. The van der Waals surface area contributed by atoms with Crippen LogP contribution in [0, 0.1) is 0 Å². The summed E-state index contributed by atoms with van der Waals surface area (Å²) >= 11 is 5.86. The molecule has 2 N–H and O–H groups in total. The molecule has 0 aliphatic carbocycles. The highest BCUT2D eigenvalue weighted by molar-refractivity contribution is 6.30. The largest absolute Gasteiger partial charge is 0.379 e. The highest BCUT2D eigenvalue weighted by Gasteiger charge is 2.10. The Hall–Kier alpha value is -2.08. The molecule has 3 rings (SSSR count). The maximum Gasteiger partial charge on any atom is 0.319 e. The van der Waals surface area contributed by atoms with Gasteiger partial charge < -0.3 is 15.4 Å². The molecule has 1 heterocycles. The average molecular weight is 374 g/mol. The van der Waals surface area contributed by atoms with Gasteiger partial charge in [-0.3, -0.25) is 4.90 Å². The number of halogens is 1. The van der Waals surface area contributed by atoms with Crippen LogP contribution in [0.25, 0.3) is 0 Å². The lowest BCUT2D eigenvalue weighted by atomic mass is 10.1. The third-order valence-corrected chi connectivity index (χ3v) is 4.59. The van der Waals surface area contributed by atoms with Gasteiger partial charge in [-0.1, -0.05) is 35.9 Å². The van der Waals surface area contributed by atoms with Crippen LogP contribution in [0.3, 0.4) is 0 Å². The van der Waals surface area contributed by atoms with Crippen LogP contribution >= 0.6 is 11.6 Å². The quantitative estimate of drug-likeness (QED) is 0.814. The molecule has 2 aromatic carbocycles. The Morgan fingerprint density at radius 3 is 2.35 bits per heavy atom. The summed E-state index contributed by atoms with van der Waals surface area (Å²) in [5, 5.41) is 6.45. The summed E-state index contributed by atoms with van der Waals surface area (Å²) in [5.74, 6) is 0. The first-order valence-electron chi connectivity index (χ1n) is 8.87. The van der Waals surface area contributed by atoms with Gasteiger partial charge in [0.1, 0.15) is 0 Å². The second-order valence-corrected chi connectivity index (χ2v) is 6.78. The number of amides is 2. The van der Waals surface area contributed by atoms with E-state index in [0.717, 1.165) is 55.5 Å². The van der Waals surface area contributed by atoms with Gasteiger partial charge in [-0.05, 0) is 41.8 Å². The highest BCUT2D eigenvalue weighted by atomic mass is 35.5. The molecule has 0 unspecified atom stereocenters. The van der Waals surface area contributed by atoms with E-state index in [1.54, 1.807) is 0 Å². The van der Waals surface area contributed by atoms with E-state index in [9.17, 15) is 4.79 Å². The van der Waals surface area contributed by atoms with Gasteiger partial charge in [0.2, 0.25) is 0 Å². The Balaban J connectivity index is 1.40. The van der Waals surface area contributed by atoms with Gasteiger partial charge in [-0.25, -0.2) is 4.79 Å². The van der Waals surface area contributed by atoms with Crippen molar-refractivity contribution in [3.8, 4) is 0 Å². The van der Waals surface area contributed by atoms with Gasteiger partial charge in [-0.2, -0.15) is 0 Å². The Kier molecular flexibility index (Phi) is 6.89. The molecule has 2 aromatic rings. The number of morpholine rings is 1. The zero-order valence-corrected chi connectivity index (χ0v) is 15.5. The number of urea groups is 1. The van der Waals surface area contributed by atoms with Crippen molar-refractivity contribution in [3.63, 3.8) is 0 Å². The van der Waals surface area contributed by atoms with E-state index in [1.807, 2.05) is 36.4 Å². The molecular weight excluding hydrogens is 350 g/mol. The number of hydrogen-bond donors (Lipinski definition) is 2. The van der Waals surface area contributed by atoms with Crippen molar-refractivity contribution in [2.75, 3.05) is 38.2 Å². The molecule has 0 aromatic heterocycles. The molecule has 2 amide bonds. The summed E-state index contributed by atoms with van der Waals surface area (Å²) < 4.78 is 5.36. The molecule has 1 saturated heterocycles. The molecule has 0 radical (unpaired) electrons. The predicted octanol–water partition coefficient (Wildman–Crippen LogP) is 3.54. The summed E-state index contributed by atoms with van der Waals surface area (Å²) in [4.78, 5) is 14.4. The third kappa shape index (κ3) is 6.02. The zero-order chi connectivity index (χ0) is 18.2. The molecular formula is C20H24ClN3O2. The second-order valence-electron chi connectivity index (χ2n) is 6.34. The summed E-state index contributed by atoms with van der Waals surface area (Å²) in [6.45, 7) is 5.03. The smallest absolute Gasteiger partial charge is 0.319 e. The molecule has 5 nitrogen and oxygen atoms in total. The van der Waals surface area contributed by atoms with Gasteiger partial charge in [0, 0.05) is 36.9 Å². The number of carbonyl (C=O) groups excluding carboxylic acids is 1. The number of benzene rings is 2. The van der Waals surface area contributed by atoms with Gasteiger partial charge >= 0.3 is 6.03 Å². The van der Waals surface area contributed by atoms with Crippen molar-refractivity contribution in [2.24, 2.45) is 0 Å². The fourth-order valence-electron chi connectivity index (χ4n) is 2.86. The monoisotopic (exact) mass is 373 g/mol. The van der Waals surface area contributed by atoms with E-state index in [0.29, 0.717) is 6.54 Å². The Bertz CT molecular complexity index is 698. The summed E-state index contributed by atoms with van der Waals surface area (Å²) in [7, 11) is 0. The van der Waals surface area contributed by atoms with E-state index in [1.165, 1.54) is 5.56 Å². The van der Waals surface area contributed by atoms with E-state index >= 15 is 0 Å². The van der Waals surface area contributed by atoms with Crippen molar-refractivity contribution in [2.45, 2.75) is 13.0 Å². The van der Waals surface area contributed by atoms with Gasteiger partial charge in [0.25, 0.3) is 0 Å². The number of hydrogen-bond acceptors (Lipinski definition) is 3. The molecule has 1 aliphatic heterocycles. The Labute approximate surface area is 159 Å². The summed E-state index contributed by atoms with van der Waals surface area (Å²) in [5.41, 5.74) is 3.17. The van der Waals surface area contributed by atoms with E-state index in [2.05, 4.69) is 27.7 Å². The number of nitrogens with one attached hydrogen (secondary N) is 2. The number of carbonyl (C=O) groups is 1. The lowest BCUT2D eigenvalue weighted by molar-refractivity contribution is 0.0342. The van der Waals surface area contributed by atoms with Gasteiger partial charge in [0.05, 0.1) is 13.2 Å². The average Bonchev–Trinajstić information content (AvgIpc) is 2.66. The molecule has 6 heteroatoms. The van der Waals surface area contributed by atoms with Gasteiger partial charge in [0.15, 0.2) is 0 Å². The fraction of sp³-hybridized carbons (Fsp3) is 0.350. The van der Waals surface area contributed by atoms with Crippen LogP contribution in [0.5, 0.6) is 0 Å². The first kappa shape index (κ1) is 18.7. The zero-order valence-electron chi connectivity index (χ0n) is 14.7. The minimum atomic E-state index is -0.195. The molecule has 0 bridgehead atoms. The second kappa shape index (κ2) is 9.57.